The summed E-state index contributed by atoms with van der Waals surface area (Å²) in [5.41, 5.74) is 1.81. The predicted octanol–water partition coefficient (Wildman–Crippen LogP) is 5.41. The molecule has 3 heteroatoms. The lowest BCUT2D eigenvalue weighted by molar-refractivity contribution is -0.137. The minimum absolute atomic E-state index is 0.0746. The zero-order valence-electron chi connectivity index (χ0n) is 17.0. The first kappa shape index (κ1) is 19.0. The highest BCUT2D eigenvalue weighted by atomic mass is 16.4. The normalized spacial score (nSPS) is 44.1. The molecular weight excluding hydrogens is 336 g/mol. The summed E-state index contributed by atoms with van der Waals surface area (Å²) >= 11 is 0. The van der Waals surface area contributed by atoms with Crippen LogP contribution in [0.3, 0.4) is 0 Å². The molecule has 3 nitrogen and oxygen atoms in total. The van der Waals surface area contributed by atoms with Gasteiger partial charge in [0.15, 0.2) is 5.78 Å². The molecule has 3 fully saturated rings. The fraction of sp³-hybridized carbons (Fsp3) is 0.750. The van der Waals surface area contributed by atoms with Crippen LogP contribution in [0.4, 0.5) is 0 Å². The summed E-state index contributed by atoms with van der Waals surface area (Å²) in [7, 11) is 0. The number of hydrogen-bond acceptors (Lipinski definition) is 2. The Hall–Kier alpha value is -1.38. The fourth-order valence-corrected chi connectivity index (χ4v) is 7.73. The molecule has 0 bridgehead atoms. The SMILES string of the molecule is C[C@H](CCC(=O)O)[C@H]1CC[C@H]2[C@@H]3CCC4=CC(=O)C=C[C@]4(C)[C@H]3CC[C@]12C. The number of ketones is 1. The van der Waals surface area contributed by atoms with E-state index in [4.69, 9.17) is 5.11 Å². The monoisotopic (exact) mass is 370 g/mol. The lowest BCUT2D eigenvalue weighted by Crippen LogP contribution is -2.50. The third-order valence-corrected chi connectivity index (χ3v) is 9.13. The Bertz CT molecular complexity index is 704. The zero-order valence-corrected chi connectivity index (χ0v) is 17.0. The molecule has 0 unspecified atom stereocenters. The molecule has 0 aromatic rings. The highest BCUT2D eigenvalue weighted by Crippen LogP contribution is 2.67. The highest BCUT2D eigenvalue weighted by Gasteiger charge is 2.58. The van der Waals surface area contributed by atoms with Crippen LogP contribution in [0.15, 0.2) is 23.8 Å². The van der Waals surface area contributed by atoms with Gasteiger partial charge in [0.2, 0.25) is 0 Å². The van der Waals surface area contributed by atoms with Crippen LogP contribution >= 0.6 is 0 Å². The van der Waals surface area contributed by atoms with Crippen LogP contribution in [0, 0.1) is 40.4 Å². The number of carboxylic acid groups (broad SMARTS) is 1. The van der Waals surface area contributed by atoms with Gasteiger partial charge in [0.1, 0.15) is 0 Å². The second-order valence-electron chi connectivity index (χ2n) is 10.2. The molecule has 0 aromatic heterocycles. The Morgan fingerprint density at radius 2 is 2.00 bits per heavy atom. The number of carboxylic acids is 1. The summed E-state index contributed by atoms with van der Waals surface area (Å²) in [6.07, 6.45) is 14.4. The van der Waals surface area contributed by atoms with E-state index in [9.17, 15) is 9.59 Å². The van der Waals surface area contributed by atoms with Crippen molar-refractivity contribution >= 4 is 11.8 Å². The molecule has 0 saturated heterocycles. The maximum Gasteiger partial charge on any atom is 0.303 e. The molecule has 0 spiro atoms. The quantitative estimate of drug-likeness (QED) is 0.720. The van der Waals surface area contributed by atoms with E-state index in [0.717, 1.165) is 24.7 Å². The van der Waals surface area contributed by atoms with E-state index < -0.39 is 5.97 Å². The smallest absolute Gasteiger partial charge is 0.303 e. The third kappa shape index (κ3) is 2.93. The Labute approximate surface area is 163 Å². The van der Waals surface area contributed by atoms with Crippen molar-refractivity contribution in [3.63, 3.8) is 0 Å². The number of rotatable bonds is 4. The van der Waals surface area contributed by atoms with Crippen molar-refractivity contribution in [1.29, 1.82) is 0 Å². The van der Waals surface area contributed by atoms with E-state index >= 15 is 0 Å². The van der Waals surface area contributed by atoms with Crippen molar-refractivity contribution in [3.05, 3.63) is 23.8 Å². The maximum absolute atomic E-state index is 11.9. The summed E-state index contributed by atoms with van der Waals surface area (Å²) in [4.78, 5) is 22.9. The molecule has 7 atom stereocenters. The summed E-state index contributed by atoms with van der Waals surface area (Å²) in [5, 5.41) is 9.08. The molecular formula is C24H34O3. The molecule has 0 heterocycles. The minimum Gasteiger partial charge on any atom is -0.481 e. The number of carbonyl (C=O) groups excluding carboxylic acids is 1. The molecule has 0 aromatic carbocycles. The molecule has 4 aliphatic carbocycles. The molecule has 4 aliphatic rings. The zero-order chi connectivity index (χ0) is 19.4. The molecule has 27 heavy (non-hydrogen) atoms. The Morgan fingerprint density at radius 3 is 2.74 bits per heavy atom. The lowest BCUT2D eigenvalue weighted by atomic mass is 9.47. The van der Waals surface area contributed by atoms with Crippen LogP contribution in [-0.2, 0) is 9.59 Å². The van der Waals surface area contributed by atoms with E-state index in [2.05, 4.69) is 26.8 Å². The molecule has 0 amide bonds. The summed E-state index contributed by atoms with van der Waals surface area (Å²) < 4.78 is 0. The molecule has 0 radical (unpaired) electrons. The van der Waals surface area contributed by atoms with E-state index in [-0.39, 0.29) is 11.2 Å². The van der Waals surface area contributed by atoms with Crippen LogP contribution in [0.1, 0.15) is 72.1 Å². The van der Waals surface area contributed by atoms with Crippen molar-refractivity contribution in [1.82, 2.24) is 0 Å². The molecule has 4 rings (SSSR count). The second-order valence-corrected chi connectivity index (χ2v) is 10.2. The summed E-state index contributed by atoms with van der Waals surface area (Å²) in [6.45, 7) is 7.16. The number of hydrogen-bond donors (Lipinski definition) is 1. The van der Waals surface area contributed by atoms with Crippen molar-refractivity contribution in [3.8, 4) is 0 Å². The van der Waals surface area contributed by atoms with Crippen molar-refractivity contribution < 1.29 is 14.7 Å². The van der Waals surface area contributed by atoms with Crippen LogP contribution < -0.4 is 0 Å². The number of carbonyl (C=O) groups is 2. The average molecular weight is 371 g/mol. The highest BCUT2D eigenvalue weighted by molar-refractivity contribution is 6.01. The maximum atomic E-state index is 11.9. The Morgan fingerprint density at radius 1 is 1.22 bits per heavy atom. The molecule has 1 N–H and O–H groups in total. The van der Waals surface area contributed by atoms with Gasteiger partial charge in [0.25, 0.3) is 0 Å². The average Bonchev–Trinajstić information content (AvgIpc) is 2.97. The van der Waals surface area contributed by atoms with Gasteiger partial charge in [-0.05, 0) is 92.1 Å². The van der Waals surface area contributed by atoms with Gasteiger partial charge in [0.05, 0.1) is 0 Å². The number of aliphatic carboxylic acids is 1. The predicted molar refractivity (Wildman–Crippen MR) is 106 cm³/mol. The third-order valence-electron chi connectivity index (χ3n) is 9.13. The van der Waals surface area contributed by atoms with Crippen LogP contribution in [-0.4, -0.2) is 16.9 Å². The summed E-state index contributed by atoms with van der Waals surface area (Å²) in [6, 6.07) is 0. The first-order valence-electron chi connectivity index (χ1n) is 10.9. The topological polar surface area (TPSA) is 54.4 Å². The first-order chi connectivity index (χ1) is 12.8. The van der Waals surface area contributed by atoms with Gasteiger partial charge in [-0.2, -0.15) is 0 Å². The van der Waals surface area contributed by atoms with Gasteiger partial charge in [-0.3, -0.25) is 9.59 Å². The lowest BCUT2D eigenvalue weighted by Gasteiger charge is -2.57. The Kier molecular flexibility index (Phi) is 4.63. The van der Waals surface area contributed by atoms with Gasteiger partial charge >= 0.3 is 5.97 Å². The van der Waals surface area contributed by atoms with Gasteiger partial charge in [-0.1, -0.05) is 32.4 Å². The second kappa shape index (κ2) is 6.60. The van der Waals surface area contributed by atoms with E-state index in [1.165, 1.54) is 37.7 Å². The molecule has 148 valence electrons. The molecule has 0 aliphatic heterocycles. The molecule has 3 saturated carbocycles. The fourth-order valence-electron chi connectivity index (χ4n) is 7.73. The Balaban J connectivity index is 1.56. The largest absolute Gasteiger partial charge is 0.481 e. The first-order valence-corrected chi connectivity index (χ1v) is 10.9. The van der Waals surface area contributed by atoms with Crippen molar-refractivity contribution in [2.75, 3.05) is 0 Å². The van der Waals surface area contributed by atoms with Crippen LogP contribution in [0.2, 0.25) is 0 Å². The van der Waals surface area contributed by atoms with Gasteiger partial charge < -0.3 is 5.11 Å². The van der Waals surface area contributed by atoms with E-state index in [0.29, 0.717) is 29.6 Å². The van der Waals surface area contributed by atoms with Crippen molar-refractivity contribution in [2.45, 2.75) is 72.1 Å². The number of allylic oxidation sites excluding steroid dienone is 4. The van der Waals surface area contributed by atoms with Gasteiger partial charge in [-0.15, -0.1) is 0 Å². The minimum atomic E-state index is -0.664. The number of fused-ring (bicyclic) bond motifs is 5. The van der Waals surface area contributed by atoms with E-state index in [1.54, 1.807) is 6.08 Å². The standard InChI is InChI=1S/C24H34O3/c1-15(4-9-22(26)27)19-7-8-20-18-6-5-16-14-17(25)10-12-23(16,2)21(18)11-13-24(19,20)3/h10,12,14-15,18-21H,4-9,11,13H2,1-3H3,(H,26,27)/t15-,18+,19-,20+,21+,23+,24-/m1/s1. The van der Waals surface area contributed by atoms with Crippen LogP contribution in [0.25, 0.3) is 0 Å². The van der Waals surface area contributed by atoms with Gasteiger partial charge in [-0.25, -0.2) is 0 Å². The van der Waals surface area contributed by atoms with E-state index in [1.807, 2.05) is 6.08 Å². The van der Waals surface area contributed by atoms with Gasteiger partial charge in [0, 0.05) is 11.8 Å². The van der Waals surface area contributed by atoms with Crippen LogP contribution in [0.5, 0.6) is 0 Å². The summed E-state index contributed by atoms with van der Waals surface area (Å²) in [5.74, 6) is 2.83. The van der Waals surface area contributed by atoms with Crippen molar-refractivity contribution in [2.24, 2.45) is 40.4 Å².